The van der Waals surface area contributed by atoms with Gasteiger partial charge in [-0.3, -0.25) is 4.57 Å². The van der Waals surface area contributed by atoms with E-state index in [1.54, 1.807) is 6.20 Å². The third kappa shape index (κ3) is 5.17. The van der Waals surface area contributed by atoms with E-state index in [0.29, 0.717) is 17.4 Å². The number of furan rings is 1. The molecular formula is C48H35N5O2Pt. The molecule has 0 aliphatic heterocycles. The Bertz CT molecular complexity index is 3140. The van der Waals surface area contributed by atoms with Crippen LogP contribution in [0, 0.1) is 24.0 Å². The number of hydrogen-bond acceptors (Lipinski definition) is 5. The maximum atomic E-state index is 6.83. The zero-order valence-corrected chi connectivity index (χ0v) is 32.7. The number of imidazole rings is 2. The number of nitrogens with zero attached hydrogens (tertiary/aromatic N) is 5. The molecule has 1 saturated carbocycles. The van der Waals surface area contributed by atoms with Crippen LogP contribution in [0.15, 0.2) is 120 Å². The molecule has 1 unspecified atom stereocenters. The van der Waals surface area contributed by atoms with Gasteiger partial charge in [0, 0.05) is 29.3 Å². The summed E-state index contributed by atoms with van der Waals surface area (Å²) in [6.07, 6.45) is 12.7. The summed E-state index contributed by atoms with van der Waals surface area (Å²) in [6.45, 7) is 0. The van der Waals surface area contributed by atoms with Crippen LogP contribution in [0.2, 0.25) is 0 Å². The summed E-state index contributed by atoms with van der Waals surface area (Å²) in [4.78, 5) is 14.8. The number of ether oxygens (including phenoxy) is 1. The maximum Gasteiger partial charge on any atom is 2.00 e. The molecule has 5 aromatic heterocycles. The van der Waals surface area contributed by atoms with Crippen molar-refractivity contribution in [2.45, 2.75) is 44.9 Å². The Morgan fingerprint density at radius 1 is 0.714 bits per heavy atom. The summed E-state index contributed by atoms with van der Waals surface area (Å²) in [5.74, 6) is 4.11. The van der Waals surface area contributed by atoms with E-state index >= 15 is 0 Å². The molecule has 0 amide bonds. The Morgan fingerprint density at radius 2 is 1.59 bits per heavy atom. The van der Waals surface area contributed by atoms with Gasteiger partial charge in [0.25, 0.3) is 0 Å². The zero-order chi connectivity index (χ0) is 36.0. The molecule has 0 radical (unpaired) electrons. The molecule has 0 bridgehead atoms. The van der Waals surface area contributed by atoms with Crippen molar-refractivity contribution in [3.63, 3.8) is 0 Å². The summed E-state index contributed by atoms with van der Waals surface area (Å²) in [7, 11) is 0. The van der Waals surface area contributed by atoms with Gasteiger partial charge in [0.1, 0.15) is 11.4 Å². The number of hydrogen-bond donors (Lipinski definition) is 0. The fraction of sp³-hybridized carbons (Fsp3) is 0.188. The first kappa shape index (κ1) is 33.5. The van der Waals surface area contributed by atoms with Crippen molar-refractivity contribution in [2.24, 2.45) is 11.8 Å². The second-order valence-corrected chi connectivity index (χ2v) is 15.3. The second-order valence-electron chi connectivity index (χ2n) is 15.3. The van der Waals surface area contributed by atoms with E-state index < -0.39 is 0 Å². The molecule has 0 N–H and O–H groups in total. The van der Waals surface area contributed by atoms with Crippen LogP contribution >= 0.6 is 0 Å². The van der Waals surface area contributed by atoms with Gasteiger partial charge in [-0.1, -0.05) is 115 Å². The fourth-order valence-electron chi connectivity index (χ4n) is 9.70. The van der Waals surface area contributed by atoms with Gasteiger partial charge in [-0.2, -0.15) is 0 Å². The van der Waals surface area contributed by atoms with Crippen LogP contribution in [-0.2, 0) is 33.9 Å². The molecule has 56 heavy (non-hydrogen) atoms. The third-order valence-corrected chi connectivity index (χ3v) is 12.2. The summed E-state index contributed by atoms with van der Waals surface area (Å²) in [5, 5.41) is 4.36. The van der Waals surface area contributed by atoms with Crippen molar-refractivity contribution < 1.29 is 30.2 Å². The maximum absolute atomic E-state index is 6.83. The summed E-state index contributed by atoms with van der Waals surface area (Å²) in [5.41, 5.74) is 9.88. The first-order valence-electron chi connectivity index (χ1n) is 19.5. The topological polar surface area (TPSA) is 70.4 Å². The SMILES string of the molecule is [Pt+2].[c-]1c(Oc2[c-]c3c(cc2)n2c4ccccc4nc2n3-c2ccccn2)cc2c(oc3ccc4ccccc4c32)c1-c1nccc2c1CC(C1CCCCC1)C2. The first-order chi connectivity index (χ1) is 27.2. The molecule has 5 heterocycles. The molecule has 2 aliphatic rings. The Hall–Kier alpha value is -5.78. The van der Waals surface area contributed by atoms with Gasteiger partial charge in [-0.15, -0.1) is 18.2 Å². The summed E-state index contributed by atoms with van der Waals surface area (Å²) < 4.78 is 17.8. The molecule has 5 aromatic carbocycles. The van der Waals surface area contributed by atoms with Gasteiger partial charge in [0.05, 0.1) is 16.6 Å². The van der Waals surface area contributed by atoms with Crippen LogP contribution in [0.5, 0.6) is 11.5 Å². The van der Waals surface area contributed by atoms with Crippen LogP contribution in [0.25, 0.3) is 77.6 Å². The monoisotopic (exact) mass is 908 g/mol. The number of pyridine rings is 2. The summed E-state index contributed by atoms with van der Waals surface area (Å²) >= 11 is 0. The van der Waals surface area contributed by atoms with Crippen molar-refractivity contribution in [3.05, 3.63) is 139 Å². The molecule has 2 aliphatic carbocycles. The molecule has 12 rings (SSSR count). The average molecular weight is 909 g/mol. The molecule has 8 heteroatoms. The molecule has 0 spiro atoms. The summed E-state index contributed by atoms with van der Waals surface area (Å²) in [6, 6.07) is 42.5. The number of benzene rings is 5. The Morgan fingerprint density at radius 3 is 2.50 bits per heavy atom. The molecule has 1 fully saturated rings. The number of para-hydroxylation sites is 2. The quantitative estimate of drug-likeness (QED) is 0.161. The van der Waals surface area contributed by atoms with E-state index in [4.69, 9.17) is 24.1 Å². The van der Waals surface area contributed by atoms with Crippen LogP contribution in [-0.4, -0.2) is 23.9 Å². The predicted molar refractivity (Wildman–Crippen MR) is 217 cm³/mol. The minimum atomic E-state index is 0. The van der Waals surface area contributed by atoms with Gasteiger partial charge < -0.3 is 18.5 Å². The standard InChI is InChI=1S/C48H35N5O2.Pt/c1-2-10-29(11-3-1)32-24-31-21-23-50-46(36(31)25-32)38-27-34(26-37-45-35-13-5-4-12-30(35)17-20-43(45)55-47(37)38)54-33-18-19-41-42(28-33)53(44-16-8-9-22-49-44)48-51-39-14-6-7-15-40(39)52(41)48;/h4-9,12-23,26,29,32H,1-3,10-11,24-25H2;/q-2;+2. The average Bonchev–Trinajstić information content (AvgIpc) is 4.01. The molecule has 7 nitrogen and oxygen atoms in total. The first-order valence-corrected chi connectivity index (χ1v) is 19.5. The van der Waals surface area contributed by atoms with Crippen molar-refractivity contribution >= 4 is 60.6 Å². The Kier molecular flexibility index (Phi) is 7.89. The van der Waals surface area contributed by atoms with Crippen molar-refractivity contribution in [1.82, 2.24) is 23.9 Å². The van der Waals surface area contributed by atoms with Crippen LogP contribution in [0.1, 0.15) is 43.2 Å². The van der Waals surface area contributed by atoms with Crippen LogP contribution in [0.4, 0.5) is 0 Å². The normalized spacial score (nSPS) is 16.0. The number of aromatic nitrogens is 5. The predicted octanol–water partition coefficient (Wildman–Crippen LogP) is 11.6. The van der Waals surface area contributed by atoms with Crippen molar-refractivity contribution in [3.8, 4) is 28.6 Å². The van der Waals surface area contributed by atoms with Crippen LogP contribution < -0.4 is 4.74 Å². The van der Waals surface area contributed by atoms with Crippen molar-refractivity contribution in [1.29, 1.82) is 0 Å². The molecule has 10 aromatic rings. The third-order valence-electron chi connectivity index (χ3n) is 12.2. The van der Waals surface area contributed by atoms with Gasteiger partial charge in [-0.05, 0) is 88.6 Å². The fourth-order valence-corrected chi connectivity index (χ4v) is 9.70. The Balaban J connectivity index is 0.00000363. The van der Waals surface area contributed by atoms with Gasteiger partial charge >= 0.3 is 21.1 Å². The van der Waals surface area contributed by atoms with E-state index in [1.165, 1.54) is 43.2 Å². The van der Waals surface area contributed by atoms with E-state index in [0.717, 1.165) is 96.4 Å². The number of rotatable bonds is 5. The molecule has 274 valence electrons. The van der Waals surface area contributed by atoms with Gasteiger partial charge in [0.15, 0.2) is 0 Å². The van der Waals surface area contributed by atoms with Crippen molar-refractivity contribution in [2.75, 3.05) is 0 Å². The number of fused-ring (bicyclic) bond motifs is 11. The zero-order valence-electron chi connectivity index (χ0n) is 30.4. The molecular weight excluding hydrogens is 874 g/mol. The van der Waals surface area contributed by atoms with E-state index in [-0.39, 0.29) is 21.1 Å². The van der Waals surface area contributed by atoms with E-state index in [9.17, 15) is 0 Å². The van der Waals surface area contributed by atoms with Crippen LogP contribution in [0.3, 0.4) is 0 Å². The minimum absolute atomic E-state index is 0. The van der Waals surface area contributed by atoms with E-state index in [2.05, 4.69) is 81.8 Å². The second kappa shape index (κ2) is 13.2. The largest absolute Gasteiger partial charge is 2.00 e. The van der Waals surface area contributed by atoms with E-state index in [1.807, 2.05) is 48.7 Å². The molecule has 0 saturated heterocycles. The Labute approximate surface area is 337 Å². The molecule has 1 atom stereocenters. The minimum Gasteiger partial charge on any atom is -0.503 e. The van der Waals surface area contributed by atoms with Gasteiger partial charge in [0.2, 0.25) is 5.78 Å². The van der Waals surface area contributed by atoms with Gasteiger partial charge in [-0.25, -0.2) is 9.97 Å². The smallest absolute Gasteiger partial charge is 0.503 e.